The highest BCUT2D eigenvalue weighted by molar-refractivity contribution is 7.90. The molecule has 1 N–H and O–H groups in total. The van der Waals surface area contributed by atoms with E-state index >= 15 is 0 Å². The van der Waals surface area contributed by atoms with E-state index in [-0.39, 0.29) is 29.4 Å². The molecule has 1 aliphatic rings. The van der Waals surface area contributed by atoms with Crippen LogP contribution in [-0.2, 0) is 31.6 Å². The number of halogens is 6. The Bertz CT molecular complexity index is 1540. The SMILES string of the molecule is O=C(OC[C@](O)(c1ccc(N2CCN(S(=O)(=O)c3ccccc3S)C[C@H]2Cc2ccncc2)cc1)C(F)(F)F)C(F)(F)F. The van der Waals surface area contributed by atoms with Crippen LogP contribution in [0.3, 0.4) is 0 Å². The molecule has 1 saturated heterocycles. The van der Waals surface area contributed by atoms with E-state index in [1.807, 2.05) is 0 Å². The van der Waals surface area contributed by atoms with Gasteiger partial charge in [-0.2, -0.15) is 30.6 Å². The maximum absolute atomic E-state index is 13.8. The third kappa shape index (κ3) is 7.08. The molecular weight excluding hydrogens is 624 g/mol. The third-order valence-corrected chi connectivity index (χ3v) is 9.40. The van der Waals surface area contributed by atoms with Crippen LogP contribution in [0.4, 0.5) is 32.0 Å². The van der Waals surface area contributed by atoms with Crippen LogP contribution in [0.2, 0.25) is 0 Å². The predicted molar refractivity (Wildman–Crippen MR) is 145 cm³/mol. The van der Waals surface area contributed by atoms with Gasteiger partial charge in [0, 0.05) is 48.7 Å². The van der Waals surface area contributed by atoms with Crippen LogP contribution in [0.25, 0.3) is 0 Å². The zero-order valence-electron chi connectivity index (χ0n) is 22.1. The van der Waals surface area contributed by atoms with Crippen LogP contribution in [0, 0.1) is 0 Å². The minimum absolute atomic E-state index is 0.00834. The van der Waals surface area contributed by atoms with Crippen molar-refractivity contribution in [2.24, 2.45) is 0 Å². The van der Waals surface area contributed by atoms with Crippen molar-refractivity contribution in [1.29, 1.82) is 0 Å². The lowest BCUT2D eigenvalue weighted by molar-refractivity contribution is -0.283. The Morgan fingerprint density at radius 1 is 0.977 bits per heavy atom. The Kier molecular flexibility index (Phi) is 9.35. The van der Waals surface area contributed by atoms with Gasteiger partial charge >= 0.3 is 18.3 Å². The monoisotopic (exact) mass is 649 g/mol. The smallest absolute Gasteiger partial charge is 0.455 e. The fraction of sp³-hybridized carbons (Fsp3) is 0.333. The number of esters is 1. The Morgan fingerprint density at radius 2 is 1.60 bits per heavy atom. The Hall–Kier alpha value is -3.34. The number of carbonyl (C=O) groups is 1. The van der Waals surface area contributed by atoms with Gasteiger partial charge in [-0.15, -0.1) is 12.6 Å². The first kappa shape index (κ1) is 32.6. The van der Waals surface area contributed by atoms with Gasteiger partial charge in [0.25, 0.3) is 0 Å². The number of benzene rings is 2. The van der Waals surface area contributed by atoms with Crippen molar-refractivity contribution in [3.8, 4) is 0 Å². The normalized spacial score (nSPS) is 18.2. The molecule has 3 aromatic rings. The number of anilines is 1. The molecule has 2 atom stereocenters. The van der Waals surface area contributed by atoms with Gasteiger partial charge in [-0.25, -0.2) is 13.2 Å². The van der Waals surface area contributed by atoms with Gasteiger partial charge in [0.15, 0.2) is 0 Å². The van der Waals surface area contributed by atoms with Crippen molar-refractivity contribution in [2.45, 2.75) is 40.2 Å². The number of pyridine rings is 1. The van der Waals surface area contributed by atoms with Crippen LogP contribution >= 0.6 is 12.6 Å². The molecule has 8 nitrogen and oxygen atoms in total. The number of ether oxygens (including phenoxy) is 1. The highest BCUT2D eigenvalue weighted by atomic mass is 32.2. The molecule has 16 heteroatoms. The zero-order valence-corrected chi connectivity index (χ0v) is 23.8. The van der Waals surface area contributed by atoms with Gasteiger partial charge in [-0.05, 0) is 53.9 Å². The van der Waals surface area contributed by atoms with Gasteiger partial charge < -0.3 is 14.7 Å². The number of piperazine rings is 1. The van der Waals surface area contributed by atoms with E-state index in [1.54, 1.807) is 47.6 Å². The van der Waals surface area contributed by atoms with Crippen LogP contribution in [0.1, 0.15) is 11.1 Å². The lowest BCUT2D eigenvalue weighted by atomic mass is 9.93. The molecule has 0 amide bonds. The van der Waals surface area contributed by atoms with E-state index in [0.29, 0.717) is 12.1 Å². The lowest BCUT2D eigenvalue weighted by Gasteiger charge is -2.42. The molecule has 1 aromatic heterocycles. The number of hydrogen-bond acceptors (Lipinski definition) is 8. The summed E-state index contributed by atoms with van der Waals surface area (Å²) in [5.74, 6) is -2.88. The maximum Gasteiger partial charge on any atom is 0.490 e. The molecule has 0 spiro atoms. The highest BCUT2D eigenvalue weighted by Gasteiger charge is 2.57. The molecule has 0 unspecified atom stereocenters. The molecule has 0 bridgehead atoms. The molecule has 2 heterocycles. The second-order valence-corrected chi connectivity index (χ2v) is 12.1. The number of aromatic nitrogens is 1. The fourth-order valence-corrected chi connectivity index (χ4v) is 6.73. The molecular formula is C27H25F6N3O5S2. The molecule has 1 aliphatic heterocycles. The van der Waals surface area contributed by atoms with Gasteiger partial charge in [-0.1, -0.05) is 24.3 Å². The maximum atomic E-state index is 13.8. The van der Waals surface area contributed by atoms with Crippen LogP contribution in [-0.4, -0.2) is 73.4 Å². The van der Waals surface area contributed by atoms with Gasteiger partial charge in [0.1, 0.15) is 6.61 Å². The van der Waals surface area contributed by atoms with E-state index < -0.39 is 52.2 Å². The van der Waals surface area contributed by atoms with E-state index in [9.17, 15) is 44.7 Å². The minimum Gasteiger partial charge on any atom is -0.455 e. The average molecular weight is 650 g/mol. The van der Waals surface area contributed by atoms with E-state index in [2.05, 4.69) is 22.3 Å². The summed E-state index contributed by atoms with van der Waals surface area (Å²) >= 11 is 4.27. The summed E-state index contributed by atoms with van der Waals surface area (Å²) in [6, 6.07) is 13.4. The minimum atomic E-state index is -5.55. The molecule has 1 fully saturated rings. The van der Waals surface area contributed by atoms with Gasteiger partial charge in [-0.3, -0.25) is 4.98 Å². The molecule has 0 saturated carbocycles. The number of alkyl halides is 6. The van der Waals surface area contributed by atoms with Crippen molar-refractivity contribution < 1.29 is 49.4 Å². The number of thiol groups is 1. The molecule has 43 heavy (non-hydrogen) atoms. The molecule has 4 rings (SSSR count). The summed E-state index contributed by atoms with van der Waals surface area (Å²) in [6.07, 6.45) is -7.59. The summed E-state index contributed by atoms with van der Waals surface area (Å²) < 4.78 is 111. The summed E-state index contributed by atoms with van der Waals surface area (Å²) in [5, 5.41) is 10.4. The van der Waals surface area contributed by atoms with Crippen molar-refractivity contribution in [1.82, 2.24) is 9.29 Å². The number of rotatable bonds is 8. The first-order valence-corrected chi connectivity index (χ1v) is 14.5. The molecule has 2 aromatic carbocycles. The number of hydrogen-bond donors (Lipinski definition) is 2. The van der Waals surface area contributed by atoms with E-state index in [1.165, 1.54) is 22.5 Å². The van der Waals surface area contributed by atoms with Gasteiger partial charge in [0.05, 0.1) is 4.90 Å². The predicted octanol–water partition coefficient (Wildman–Crippen LogP) is 4.35. The first-order valence-electron chi connectivity index (χ1n) is 12.6. The summed E-state index contributed by atoms with van der Waals surface area (Å²) in [4.78, 5) is 17.1. The van der Waals surface area contributed by atoms with E-state index in [0.717, 1.165) is 17.7 Å². The first-order chi connectivity index (χ1) is 20.0. The van der Waals surface area contributed by atoms with Crippen LogP contribution in [0.5, 0.6) is 0 Å². The number of nitrogens with zero attached hydrogens (tertiary/aromatic N) is 3. The number of sulfonamides is 1. The second-order valence-electron chi connectivity index (χ2n) is 9.72. The number of aliphatic hydroxyl groups is 1. The van der Waals surface area contributed by atoms with Crippen LogP contribution < -0.4 is 4.90 Å². The lowest BCUT2D eigenvalue weighted by Crippen LogP contribution is -2.55. The standard InChI is InChI=1S/C27H25F6N3O5S2/c28-26(29,30)24(37)41-17-25(38,27(31,32)33)19-5-7-20(8-6-19)36-14-13-35(16-21(36)15-18-9-11-34-12-10-18)43(39,40)23-4-2-1-3-22(23)42/h1-12,21,38,42H,13-17H2/t21-,25+/m1/s1. The second kappa shape index (κ2) is 12.3. The molecule has 232 valence electrons. The summed E-state index contributed by atoms with van der Waals surface area (Å²) in [6.45, 7) is -1.84. The third-order valence-electron chi connectivity index (χ3n) is 6.94. The van der Waals surface area contributed by atoms with Crippen LogP contribution in [0.15, 0.2) is 82.8 Å². The molecule has 0 aliphatic carbocycles. The Morgan fingerprint density at radius 3 is 2.19 bits per heavy atom. The Balaban J connectivity index is 1.63. The fourth-order valence-electron chi connectivity index (χ4n) is 4.67. The number of carbonyl (C=O) groups excluding carboxylic acids is 1. The van der Waals surface area contributed by atoms with E-state index in [4.69, 9.17) is 0 Å². The van der Waals surface area contributed by atoms with Crippen molar-refractivity contribution in [2.75, 3.05) is 31.1 Å². The van der Waals surface area contributed by atoms with Crippen molar-refractivity contribution in [3.63, 3.8) is 0 Å². The topological polar surface area (TPSA) is 100 Å². The van der Waals surface area contributed by atoms with Crippen molar-refractivity contribution >= 4 is 34.3 Å². The average Bonchev–Trinajstić information content (AvgIpc) is 2.95. The molecule has 0 radical (unpaired) electrons. The summed E-state index contributed by atoms with van der Waals surface area (Å²) in [7, 11) is -3.95. The quantitative estimate of drug-likeness (QED) is 0.213. The Labute approximate surface area is 248 Å². The largest absolute Gasteiger partial charge is 0.490 e. The van der Waals surface area contributed by atoms with Gasteiger partial charge in [0.2, 0.25) is 15.6 Å². The van der Waals surface area contributed by atoms with Crippen molar-refractivity contribution in [3.05, 3.63) is 84.2 Å². The zero-order chi connectivity index (χ0) is 31.6. The highest BCUT2D eigenvalue weighted by Crippen LogP contribution is 2.40. The summed E-state index contributed by atoms with van der Waals surface area (Å²) in [5.41, 5.74) is -3.59.